The predicted octanol–water partition coefficient (Wildman–Crippen LogP) is 1.63. The summed E-state index contributed by atoms with van der Waals surface area (Å²) in [7, 11) is -2.27. The number of hydrogen-bond donors (Lipinski definition) is 2. The van der Waals surface area contributed by atoms with Crippen molar-refractivity contribution in [2.24, 2.45) is 12.2 Å². The molecule has 0 aliphatic heterocycles. The highest BCUT2D eigenvalue weighted by molar-refractivity contribution is 7.89. The van der Waals surface area contributed by atoms with E-state index in [0.29, 0.717) is 5.56 Å². The van der Waals surface area contributed by atoms with Gasteiger partial charge in [0.05, 0.1) is 32.4 Å². The molecule has 0 aliphatic carbocycles. The minimum atomic E-state index is -3.94. The molecule has 0 aliphatic rings. The van der Waals surface area contributed by atoms with E-state index in [0.717, 1.165) is 12.1 Å². The second-order valence-corrected chi connectivity index (χ2v) is 6.54. The smallest absolute Gasteiger partial charge is 0.258 e. The summed E-state index contributed by atoms with van der Waals surface area (Å²) in [6.45, 7) is 0. The average Bonchev–Trinajstić information content (AvgIpc) is 2.79. The lowest BCUT2D eigenvalue weighted by Crippen LogP contribution is -2.14. The molecule has 10 heteroatoms. The van der Waals surface area contributed by atoms with Gasteiger partial charge in [-0.3, -0.25) is 9.48 Å². The molecule has 0 fully saturated rings. The summed E-state index contributed by atoms with van der Waals surface area (Å²) in [5.74, 6) is -0.477. The summed E-state index contributed by atoms with van der Waals surface area (Å²) < 4.78 is 24.0. The van der Waals surface area contributed by atoms with Gasteiger partial charge in [0.15, 0.2) is 0 Å². The van der Waals surface area contributed by atoms with Crippen LogP contribution in [0.1, 0.15) is 10.4 Å². The molecule has 3 N–H and O–H groups in total. The summed E-state index contributed by atoms with van der Waals surface area (Å²) in [5, 5.41) is 11.3. The SMILES string of the molecule is Cn1cc(C(=O)Nc2c(Cl)cc(S(N)(=O)=O)cc2Cl)cn1. The van der Waals surface area contributed by atoms with Crippen molar-refractivity contribution in [2.75, 3.05) is 5.32 Å². The molecule has 0 saturated heterocycles. The minimum absolute atomic E-state index is 0.0382. The van der Waals surface area contributed by atoms with Crippen LogP contribution in [0.25, 0.3) is 0 Å². The van der Waals surface area contributed by atoms with Crippen LogP contribution in [0, 0.1) is 0 Å². The minimum Gasteiger partial charge on any atom is -0.319 e. The van der Waals surface area contributed by atoms with Crippen LogP contribution in [0.2, 0.25) is 10.0 Å². The third-order valence-electron chi connectivity index (χ3n) is 2.55. The molecule has 0 atom stereocenters. The van der Waals surface area contributed by atoms with Gasteiger partial charge in [-0.25, -0.2) is 13.6 Å². The van der Waals surface area contributed by atoms with Gasteiger partial charge in [0, 0.05) is 13.2 Å². The van der Waals surface area contributed by atoms with Crippen molar-refractivity contribution in [1.82, 2.24) is 9.78 Å². The lowest BCUT2D eigenvalue weighted by molar-refractivity contribution is 0.102. The lowest BCUT2D eigenvalue weighted by Gasteiger charge is -2.10. The molecule has 1 heterocycles. The molecular formula is C11H10Cl2N4O3S. The van der Waals surface area contributed by atoms with E-state index in [4.69, 9.17) is 28.3 Å². The zero-order valence-corrected chi connectivity index (χ0v) is 13.0. The number of nitrogens with two attached hydrogens (primary N) is 1. The molecule has 0 spiro atoms. The van der Waals surface area contributed by atoms with Crippen LogP contribution in [0.3, 0.4) is 0 Å². The van der Waals surface area contributed by atoms with E-state index in [-0.39, 0.29) is 20.6 Å². The Morgan fingerprint density at radius 2 is 1.90 bits per heavy atom. The van der Waals surface area contributed by atoms with Crippen molar-refractivity contribution in [1.29, 1.82) is 0 Å². The topological polar surface area (TPSA) is 107 Å². The fraction of sp³-hybridized carbons (Fsp3) is 0.0909. The number of halogens is 2. The van der Waals surface area contributed by atoms with Crippen molar-refractivity contribution >= 4 is 44.8 Å². The normalized spacial score (nSPS) is 11.4. The Morgan fingerprint density at radius 3 is 2.33 bits per heavy atom. The summed E-state index contributed by atoms with van der Waals surface area (Å²) in [6, 6.07) is 2.23. The van der Waals surface area contributed by atoms with Gasteiger partial charge in [-0.05, 0) is 12.1 Å². The molecule has 2 rings (SSSR count). The summed E-state index contributed by atoms with van der Waals surface area (Å²) in [4.78, 5) is 11.8. The van der Waals surface area contributed by atoms with Crippen molar-refractivity contribution in [3.63, 3.8) is 0 Å². The number of anilines is 1. The molecule has 1 amide bonds. The number of benzene rings is 1. The van der Waals surface area contributed by atoms with Crippen molar-refractivity contribution in [3.8, 4) is 0 Å². The number of aryl methyl sites for hydroxylation is 1. The Labute approximate surface area is 130 Å². The van der Waals surface area contributed by atoms with E-state index < -0.39 is 15.9 Å². The average molecular weight is 349 g/mol. The van der Waals surface area contributed by atoms with Crippen molar-refractivity contribution in [2.45, 2.75) is 4.90 Å². The number of amides is 1. The standard InChI is InChI=1S/C11H10Cl2N4O3S/c1-17-5-6(4-15-17)11(18)16-10-8(12)2-7(3-9(10)13)21(14,19)20/h2-5H,1H3,(H,16,18)(H2,14,19,20). The van der Waals surface area contributed by atoms with Gasteiger partial charge < -0.3 is 5.32 Å². The predicted molar refractivity (Wildman–Crippen MR) is 79.0 cm³/mol. The summed E-state index contributed by atoms with van der Waals surface area (Å²) in [6.07, 6.45) is 2.88. The molecule has 21 heavy (non-hydrogen) atoms. The Bertz CT molecular complexity index is 794. The van der Waals surface area contributed by atoms with Crippen LogP contribution in [-0.4, -0.2) is 24.1 Å². The molecule has 0 radical (unpaired) electrons. The maximum atomic E-state index is 12.0. The van der Waals surface area contributed by atoms with E-state index in [1.165, 1.54) is 17.1 Å². The number of hydrogen-bond acceptors (Lipinski definition) is 4. The quantitative estimate of drug-likeness (QED) is 0.878. The number of rotatable bonds is 3. The van der Waals surface area contributed by atoms with Crippen molar-refractivity contribution in [3.05, 3.63) is 40.1 Å². The number of nitrogens with zero attached hydrogens (tertiary/aromatic N) is 2. The van der Waals surface area contributed by atoms with Crippen LogP contribution in [0.5, 0.6) is 0 Å². The molecule has 1 aromatic carbocycles. The van der Waals surface area contributed by atoms with Gasteiger partial charge in [0.1, 0.15) is 0 Å². The monoisotopic (exact) mass is 348 g/mol. The van der Waals surface area contributed by atoms with Crippen LogP contribution in [0.4, 0.5) is 5.69 Å². The highest BCUT2D eigenvalue weighted by Gasteiger charge is 2.17. The van der Waals surface area contributed by atoms with Gasteiger partial charge >= 0.3 is 0 Å². The van der Waals surface area contributed by atoms with Gasteiger partial charge in [-0.1, -0.05) is 23.2 Å². The van der Waals surface area contributed by atoms with E-state index >= 15 is 0 Å². The van der Waals surface area contributed by atoms with Gasteiger partial charge in [-0.2, -0.15) is 5.10 Å². The third-order valence-corrected chi connectivity index (χ3v) is 4.04. The third kappa shape index (κ3) is 3.53. The van der Waals surface area contributed by atoms with E-state index in [1.807, 2.05) is 0 Å². The fourth-order valence-electron chi connectivity index (χ4n) is 1.56. The van der Waals surface area contributed by atoms with Gasteiger partial charge in [0.2, 0.25) is 10.0 Å². The van der Waals surface area contributed by atoms with Crippen LogP contribution >= 0.6 is 23.2 Å². The maximum absolute atomic E-state index is 12.0. The Kier molecular flexibility index (Phi) is 4.24. The van der Waals surface area contributed by atoms with E-state index in [2.05, 4.69) is 10.4 Å². The molecule has 2 aromatic rings. The first-order valence-corrected chi connectivity index (χ1v) is 7.80. The number of aromatic nitrogens is 2. The number of primary sulfonamides is 1. The van der Waals surface area contributed by atoms with E-state index in [9.17, 15) is 13.2 Å². The summed E-state index contributed by atoms with van der Waals surface area (Å²) >= 11 is 11.9. The molecule has 0 bridgehead atoms. The first-order chi connectivity index (χ1) is 9.68. The van der Waals surface area contributed by atoms with Crippen LogP contribution in [0.15, 0.2) is 29.4 Å². The largest absolute Gasteiger partial charge is 0.319 e. The second-order valence-electron chi connectivity index (χ2n) is 4.16. The van der Waals surface area contributed by atoms with Crippen LogP contribution < -0.4 is 10.5 Å². The highest BCUT2D eigenvalue weighted by atomic mass is 35.5. The zero-order valence-electron chi connectivity index (χ0n) is 10.7. The fourth-order valence-corrected chi connectivity index (χ4v) is 2.83. The highest BCUT2D eigenvalue weighted by Crippen LogP contribution is 2.33. The van der Waals surface area contributed by atoms with E-state index in [1.54, 1.807) is 7.05 Å². The zero-order chi connectivity index (χ0) is 15.8. The number of carbonyl (C=O) groups excluding carboxylic acids is 1. The van der Waals surface area contributed by atoms with Crippen molar-refractivity contribution < 1.29 is 13.2 Å². The number of nitrogens with one attached hydrogen (secondary N) is 1. The second kappa shape index (κ2) is 5.64. The molecule has 0 unspecified atom stereocenters. The first-order valence-electron chi connectivity index (χ1n) is 5.50. The molecule has 0 saturated carbocycles. The van der Waals surface area contributed by atoms with Crippen LogP contribution in [-0.2, 0) is 17.1 Å². The van der Waals surface area contributed by atoms with Gasteiger partial charge in [0.25, 0.3) is 5.91 Å². The first kappa shape index (κ1) is 15.8. The number of sulfonamides is 1. The number of carbonyl (C=O) groups is 1. The molecule has 1 aromatic heterocycles. The van der Waals surface area contributed by atoms with Gasteiger partial charge in [-0.15, -0.1) is 0 Å². The Balaban J connectivity index is 2.35. The molecule has 7 nitrogen and oxygen atoms in total. The Morgan fingerprint density at radius 1 is 1.33 bits per heavy atom. The lowest BCUT2D eigenvalue weighted by atomic mass is 10.3. The Hall–Kier alpha value is -1.61. The maximum Gasteiger partial charge on any atom is 0.258 e. The molecular weight excluding hydrogens is 339 g/mol. The molecule has 112 valence electrons. The summed E-state index contributed by atoms with van der Waals surface area (Å²) in [5.41, 5.74) is 0.403.